The average Bonchev–Trinajstić information content (AvgIpc) is 2.69. The maximum absolute atomic E-state index is 10.1. The van der Waals surface area contributed by atoms with E-state index in [1.807, 2.05) is 6.07 Å². The van der Waals surface area contributed by atoms with Crippen molar-refractivity contribution in [1.82, 2.24) is 0 Å². The molecule has 0 saturated carbocycles. The number of fused-ring (bicyclic) bond motifs is 1. The standard InChI is InChI=1S/C26H24O3/c27-24-13-19(6-5-18-9-10-22-3-1-2-4-23(22)12-18)11-20(14-24)7-8-21-15-25(28)17-26(29)16-21/h1-4,9-17,27-29H,5-8H2. The van der Waals surface area contributed by atoms with E-state index in [1.54, 1.807) is 18.2 Å². The molecule has 3 nitrogen and oxygen atoms in total. The summed E-state index contributed by atoms with van der Waals surface area (Å²) < 4.78 is 0. The van der Waals surface area contributed by atoms with E-state index in [2.05, 4.69) is 48.5 Å². The fourth-order valence-corrected chi connectivity index (χ4v) is 3.80. The van der Waals surface area contributed by atoms with Gasteiger partial charge in [0.25, 0.3) is 0 Å². The predicted molar refractivity (Wildman–Crippen MR) is 117 cm³/mol. The van der Waals surface area contributed by atoms with Crippen LogP contribution in [-0.4, -0.2) is 15.3 Å². The Labute approximate surface area is 170 Å². The minimum Gasteiger partial charge on any atom is -0.508 e. The van der Waals surface area contributed by atoms with Crippen molar-refractivity contribution in [3.8, 4) is 17.2 Å². The summed E-state index contributed by atoms with van der Waals surface area (Å²) in [7, 11) is 0. The average molecular weight is 384 g/mol. The van der Waals surface area contributed by atoms with Crippen LogP contribution < -0.4 is 0 Å². The Kier molecular flexibility index (Phi) is 5.39. The van der Waals surface area contributed by atoms with Crippen molar-refractivity contribution in [3.05, 3.63) is 101 Å². The second kappa shape index (κ2) is 8.27. The molecule has 0 atom stereocenters. The van der Waals surface area contributed by atoms with E-state index in [-0.39, 0.29) is 17.2 Å². The van der Waals surface area contributed by atoms with Crippen LogP contribution in [-0.2, 0) is 25.7 Å². The second-order valence-corrected chi connectivity index (χ2v) is 7.55. The fourth-order valence-electron chi connectivity index (χ4n) is 3.80. The first kappa shape index (κ1) is 18.9. The van der Waals surface area contributed by atoms with E-state index in [1.165, 1.54) is 22.4 Å². The van der Waals surface area contributed by atoms with E-state index < -0.39 is 0 Å². The zero-order valence-corrected chi connectivity index (χ0v) is 16.2. The van der Waals surface area contributed by atoms with Gasteiger partial charge in [-0.2, -0.15) is 0 Å². The normalized spacial score (nSPS) is 11.0. The van der Waals surface area contributed by atoms with Gasteiger partial charge < -0.3 is 15.3 Å². The quantitative estimate of drug-likeness (QED) is 0.410. The van der Waals surface area contributed by atoms with Crippen LogP contribution in [0.25, 0.3) is 10.8 Å². The second-order valence-electron chi connectivity index (χ2n) is 7.55. The summed E-state index contributed by atoms with van der Waals surface area (Å²) in [5.74, 6) is 0.397. The predicted octanol–water partition coefficient (Wildman–Crippen LogP) is 5.53. The van der Waals surface area contributed by atoms with Crippen molar-refractivity contribution in [1.29, 1.82) is 0 Å². The van der Waals surface area contributed by atoms with Gasteiger partial charge in [0.2, 0.25) is 0 Å². The largest absolute Gasteiger partial charge is 0.508 e. The van der Waals surface area contributed by atoms with E-state index >= 15 is 0 Å². The monoisotopic (exact) mass is 384 g/mol. The van der Waals surface area contributed by atoms with E-state index in [4.69, 9.17) is 0 Å². The van der Waals surface area contributed by atoms with Crippen molar-refractivity contribution in [2.45, 2.75) is 25.7 Å². The van der Waals surface area contributed by atoms with E-state index in [0.717, 1.165) is 36.0 Å². The van der Waals surface area contributed by atoms with Crippen LogP contribution in [0.2, 0.25) is 0 Å². The molecule has 4 aromatic rings. The Hall–Kier alpha value is -3.46. The SMILES string of the molecule is Oc1cc(O)cc(CCc2cc(O)cc(CCc3ccc4ccccc4c3)c2)c1. The molecule has 0 unspecified atom stereocenters. The molecule has 0 radical (unpaired) electrons. The smallest absolute Gasteiger partial charge is 0.119 e. The summed E-state index contributed by atoms with van der Waals surface area (Å²) in [4.78, 5) is 0. The number of hydrogen-bond donors (Lipinski definition) is 3. The number of aromatic hydroxyl groups is 3. The van der Waals surface area contributed by atoms with Gasteiger partial charge in [-0.05, 0) is 83.0 Å². The van der Waals surface area contributed by atoms with Gasteiger partial charge in [0.1, 0.15) is 17.2 Å². The molecule has 0 aromatic heterocycles. The van der Waals surface area contributed by atoms with Crippen molar-refractivity contribution in [2.75, 3.05) is 0 Å². The number of phenols is 3. The van der Waals surface area contributed by atoms with Crippen LogP contribution in [0.5, 0.6) is 17.2 Å². The van der Waals surface area contributed by atoms with Crippen LogP contribution >= 0.6 is 0 Å². The third kappa shape index (κ3) is 4.88. The molecule has 0 bridgehead atoms. The number of rotatable bonds is 6. The van der Waals surface area contributed by atoms with Crippen molar-refractivity contribution >= 4 is 10.8 Å². The molecule has 3 N–H and O–H groups in total. The third-order valence-corrected chi connectivity index (χ3v) is 5.22. The van der Waals surface area contributed by atoms with Crippen LogP contribution in [0.3, 0.4) is 0 Å². The third-order valence-electron chi connectivity index (χ3n) is 5.22. The Morgan fingerprint density at radius 1 is 0.414 bits per heavy atom. The molecular formula is C26H24O3. The molecule has 0 spiro atoms. The molecule has 146 valence electrons. The van der Waals surface area contributed by atoms with Gasteiger partial charge in [-0.15, -0.1) is 0 Å². The van der Waals surface area contributed by atoms with Gasteiger partial charge in [0, 0.05) is 6.07 Å². The molecule has 29 heavy (non-hydrogen) atoms. The van der Waals surface area contributed by atoms with Crippen LogP contribution in [0.1, 0.15) is 22.3 Å². The molecule has 3 heteroatoms. The minimum absolute atomic E-state index is 0.0620. The first-order valence-electron chi connectivity index (χ1n) is 9.86. The Balaban J connectivity index is 1.44. The first-order valence-corrected chi connectivity index (χ1v) is 9.86. The summed E-state index contributed by atoms with van der Waals surface area (Å²) in [6.45, 7) is 0. The highest BCUT2D eigenvalue weighted by molar-refractivity contribution is 5.83. The summed E-state index contributed by atoms with van der Waals surface area (Å²) in [6.07, 6.45) is 3.16. The highest BCUT2D eigenvalue weighted by atomic mass is 16.3. The minimum atomic E-state index is 0.0620. The highest BCUT2D eigenvalue weighted by Crippen LogP contribution is 2.24. The van der Waals surface area contributed by atoms with E-state index in [9.17, 15) is 15.3 Å². The van der Waals surface area contributed by atoms with Gasteiger partial charge in [-0.1, -0.05) is 48.5 Å². The molecule has 0 fully saturated rings. The molecule has 4 aromatic carbocycles. The molecule has 0 aliphatic heterocycles. The number of aryl methyl sites for hydroxylation is 4. The molecular weight excluding hydrogens is 360 g/mol. The van der Waals surface area contributed by atoms with Gasteiger partial charge in [-0.25, -0.2) is 0 Å². The van der Waals surface area contributed by atoms with Gasteiger partial charge in [-0.3, -0.25) is 0 Å². The highest BCUT2D eigenvalue weighted by Gasteiger charge is 2.05. The van der Waals surface area contributed by atoms with Crippen LogP contribution in [0.4, 0.5) is 0 Å². The maximum Gasteiger partial charge on any atom is 0.119 e. The maximum atomic E-state index is 10.1. The summed E-state index contributed by atoms with van der Waals surface area (Å²) in [5, 5.41) is 31.9. The first-order chi connectivity index (χ1) is 14.0. The molecule has 0 saturated heterocycles. The van der Waals surface area contributed by atoms with Gasteiger partial charge >= 0.3 is 0 Å². The molecule has 4 rings (SSSR count). The summed E-state index contributed by atoms with van der Waals surface area (Å²) in [6, 6.07) is 25.3. The van der Waals surface area contributed by atoms with Gasteiger partial charge in [0.15, 0.2) is 0 Å². The molecule has 0 heterocycles. The van der Waals surface area contributed by atoms with E-state index in [0.29, 0.717) is 6.42 Å². The zero-order valence-electron chi connectivity index (χ0n) is 16.2. The lowest BCUT2D eigenvalue weighted by Gasteiger charge is -2.09. The topological polar surface area (TPSA) is 60.7 Å². The Morgan fingerprint density at radius 2 is 0.897 bits per heavy atom. The molecule has 0 amide bonds. The van der Waals surface area contributed by atoms with Crippen molar-refractivity contribution < 1.29 is 15.3 Å². The lowest BCUT2D eigenvalue weighted by atomic mass is 9.98. The molecule has 0 aliphatic carbocycles. The molecule has 0 aliphatic rings. The summed E-state index contributed by atoms with van der Waals surface area (Å²) in [5.41, 5.74) is 4.29. The van der Waals surface area contributed by atoms with Crippen molar-refractivity contribution in [2.24, 2.45) is 0 Å². The summed E-state index contributed by atoms with van der Waals surface area (Å²) >= 11 is 0. The van der Waals surface area contributed by atoms with Crippen molar-refractivity contribution in [3.63, 3.8) is 0 Å². The van der Waals surface area contributed by atoms with Crippen LogP contribution in [0, 0.1) is 0 Å². The lowest BCUT2D eigenvalue weighted by Crippen LogP contribution is -1.96. The lowest BCUT2D eigenvalue weighted by molar-refractivity contribution is 0.449. The number of phenolic OH excluding ortho intramolecular Hbond substituents is 3. The number of hydrogen-bond acceptors (Lipinski definition) is 3. The van der Waals surface area contributed by atoms with Gasteiger partial charge in [0.05, 0.1) is 0 Å². The Morgan fingerprint density at radius 3 is 1.52 bits per heavy atom. The zero-order chi connectivity index (χ0) is 20.2. The Bertz CT molecular complexity index is 1130. The fraction of sp³-hybridized carbons (Fsp3) is 0.154. The number of benzene rings is 4. The van der Waals surface area contributed by atoms with Crippen LogP contribution in [0.15, 0.2) is 78.9 Å².